The van der Waals surface area contributed by atoms with Gasteiger partial charge >= 0.3 is 5.97 Å². The van der Waals surface area contributed by atoms with Crippen molar-refractivity contribution in [3.05, 3.63) is 40.4 Å². The molecule has 0 spiro atoms. The van der Waals surface area contributed by atoms with Gasteiger partial charge in [-0.1, -0.05) is 12.1 Å². The summed E-state index contributed by atoms with van der Waals surface area (Å²) < 4.78 is 12.2. The number of ether oxygens (including phenoxy) is 1. The highest BCUT2D eigenvalue weighted by molar-refractivity contribution is 6.00. The van der Waals surface area contributed by atoms with E-state index in [9.17, 15) is 14.9 Å². The van der Waals surface area contributed by atoms with Crippen molar-refractivity contribution in [2.45, 2.75) is 53.7 Å². The Labute approximate surface area is 163 Å². The van der Waals surface area contributed by atoms with Crippen molar-refractivity contribution < 1.29 is 18.8 Å². The van der Waals surface area contributed by atoms with Crippen LogP contribution in [0.3, 0.4) is 0 Å². The van der Waals surface area contributed by atoms with Crippen molar-refractivity contribution in [1.29, 1.82) is 5.26 Å². The molecular weight excluding hydrogens is 360 g/mol. The van der Waals surface area contributed by atoms with Gasteiger partial charge in [0.2, 0.25) is 5.88 Å². The largest absolute Gasteiger partial charge is 0.448 e. The van der Waals surface area contributed by atoms with Gasteiger partial charge in [-0.05, 0) is 51.8 Å². The Bertz CT molecular complexity index is 946. The van der Waals surface area contributed by atoms with Crippen LogP contribution in [0.5, 0.6) is 0 Å². The van der Waals surface area contributed by atoms with Gasteiger partial charge in [-0.25, -0.2) is 4.79 Å². The van der Waals surface area contributed by atoms with Gasteiger partial charge in [0.05, 0.1) is 5.69 Å². The number of amides is 1. The van der Waals surface area contributed by atoms with Crippen molar-refractivity contribution in [2.24, 2.45) is 0 Å². The molecule has 1 atom stereocenters. The molecule has 8 nitrogen and oxygen atoms in total. The number of nitriles is 1. The highest BCUT2D eigenvalue weighted by Crippen LogP contribution is 2.19. The summed E-state index contributed by atoms with van der Waals surface area (Å²) >= 11 is 0. The fourth-order valence-electron chi connectivity index (χ4n) is 2.76. The lowest BCUT2D eigenvalue weighted by Crippen LogP contribution is -2.30. The van der Waals surface area contributed by atoms with Crippen LogP contribution in [0.15, 0.2) is 22.2 Å². The molecule has 28 heavy (non-hydrogen) atoms. The summed E-state index contributed by atoms with van der Waals surface area (Å²) in [4.78, 5) is 24.5. The van der Waals surface area contributed by atoms with Crippen molar-refractivity contribution in [2.75, 3.05) is 5.32 Å². The molecule has 2 aromatic rings. The minimum Gasteiger partial charge on any atom is -0.448 e. The third kappa shape index (κ3) is 4.88. The van der Waals surface area contributed by atoms with E-state index in [-0.39, 0.29) is 11.5 Å². The molecule has 0 saturated carbocycles. The predicted molar refractivity (Wildman–Crippen MR) is 103 cm³/mol. The Morgan fingerprint density at radius 2 is 2.11 bits per heavy atom. The third-order valence-electron chi connectivity index (χ3n) is 4.23. The topological polar surface area (TPSA) is 110 Å². The molecule has 2 heterocycles. The Kier molecular flexibility index (Phi) is 6.77. The van der Waals surface area contributed by atoms with Crippen LogP contribution in [0.1, 0.15) is 42.9 Å². The molecule has 1 N–H and O–H groups in total. The zero-order chi connectivity index (χ0) is 20.8. The van der Waals surface area contributed by atoms with Crippen LogP contribution in [0.2, 0.25) is 0 Å². The van der Waals surface area contributed by atoms with Gasteiger partial charge in [-0.15, -0.1) is 0 Å². The predicted octanol–water partition coefficient (Wildman–Crippen LogP) is 3.29. The summed E-state index contributed by atoms with van der Waals surface area (Å²) in [5.41, 5.74) is 3.22. The lowest BCUT2D eigenvalue weighted by Gasteiger charge is -2.11. The van der Waals surface area contributed by atoms with Crippen LogP contribution >= 0.6 is 0 Å². The highest BCUT2D eigenvalue weighted by Gasteiger charge is 2.22. The second-order valence-corrected chi connectivity index (χ2v) is 6.52. The maximum atomic E-state index is 12.3. The van der Waals surface area contributed by atoms with Crippen LogP contribution in [-0.2, 0) is 20.9 Å². The van der Waals surface area contributed by atoms with E-state index in [1.807, 2.05) is 26.0 Å². The Morgan fingerprint density at radius 3 is 2.68 bits per heavy atom. The minimum atomic E-state index is -1.11. The van der Waals surface area contributed by atoms with E-state index in [4.69, 9.17) is 9.26 Å². The van der Waals surface area contributed by atoms with Gasteiger partial charge in [-0.3, -0.25) is 10.1 Å². The number of rotatable bonds is 7. The van der Waals surface area contributed by atoms with E-state index in [0.717, 1.165) is 29.9 Å². The van der Waals surface area contributed by atoms with Gasteiger partial charge in [0.25, 0.3) is 5.91 Å². The average molecular weight is 384 g/mol. The van der Waals surface area contributed by atoms with E-state index in [2.05, 4.69) is 22.0 Å². The maximum absolute atomic E-state index is 12.3. The lowest BCUT2D eigenvalue weighted by atomic mass is 10.1. The number of hydrogen-bond acceptors (Lipinski definition) is 6. The normalized spacial score (nSPS) is 12.4. The molecule has 0 saturated heterocycles. The minimum absolute atomic E-state index is 0.157. The van der Waals surface area contributed by atoms with Crippen LogP contribution < -0.4 is 5.32 Å². The summed E-state index contributed by atoms with van der Waals surface area (Å²) in [5, 5.41) is 15.5. The fraction of sp³-hybridized carbons (Fsp3) is 0.400. The Hall–Kier alpha value is -3.34. The summed E-state index contributed by atoms with van der Waals surface area (Å²) in [5.74, 6) is -1.29. The molecule has 0 bridgehead atoms. The Morgan fingerprint density at radius 1 is 1.39 bits per heavy atom. The van der Waals surface area contributed by atoms with Gasteiger partial charge in [0, 0.05) is 24.0 Å². The zero-order valence-electron chi connectivity index (χ0n) is 16.7. The van der Waals surface area contributed by atoms with Crippen molar-refractivity contribution >= 4 is 23.8 Å². The van der Waals surface area contributed by atoms with E-state index >= 15 is 0 Å². The van der Waals surface area contributed by atoms with Crippen LogP contribution in [0.4, 0.5) is 5.88 Å². The van der Waals surface area contributed by atoms with Gasteiger partial charge in [0.1, 0.15) is 11.6 Å². The molecule has 0 fully saturated rings. The van der Waals surface area contributed by atoms with Gasteiger partial charge < -0.3 is 13.8 Å². The number of anilines is 1. The number of nitrogens with zero attached hydrogens (tertiary/aromatic N) is 3. The second kappa shape index (κ2) is 9.04. The molecule has 1 unspecified atom stereocenters. The first-order valence-electron chi connectivity index (χ1n) is 9.00. The SMILES string of the molecule is CCCn1c(C)cc(/C=C(\C#N)C(=O)OC(C)C(=O)Nc2cc(C)no2)c1C. The van der Waals surface area contributed by atoms with E-state index in [0.29, 0.717) is 5.69 Å². The number of esters is 1. The van der Waals surface area contributed by atoms with Crippen LogP contribution in [0, 0.1) is 32.1 Å². The monoisotopic (exact) mass is 384 g/mol. The highest BCUT2D eigenvalue weighted by atomic mass is 16.5. The molecule has 1 amide bonds. The summed E-state index contributed by atoms with van der Waals surface area (Å²) in [6.07, 6.45) is 1.35. The molecule has 0 aliphatic heterocycles. The zero-order valence-corrected chi connectivity index (χ0v) is 16.7. The van der Waals surface area contributed by atoms with Crippen LogP contribution in [0.25, 0.3) is 6.08 Å². The number of carbonyl (C=O) groups excluding carboxylic acids is 2. The number of hydrogen-bond donors (Lipinski definition) is 1. The Balaban J connectivity index is 2.10. The summed E-state index contributed by atoms with van der Waals surface area (Å²) in [6.45, 7) is 9.98. The standard InChI is InChI=1S/C20H24N4O4/c1-6-7-24-13(3)9-16(14(24)4)10-17(11-21)20(26)27-15(5)19(25)22-18-8-12(2)23-28-18/h8-10,15H,6-7H2,1-5H3,(H,22,25)/b17-10+. The number of aromatic nitrogens is 2. The first-order chi connectivity index (χ1) is 13.3. The maximum Gasteiger partial charge on any atom is 0.349 e. The number of carbonyl (C=O) groups is 2. The summed E-state index contributed by atoms with van der Waals surface area (Å²) in [7, 11) is 0. The molecule has 0 radical (unpaired) electrons. The van der Waals surface area contributed by atoms with E-state index in [1.165, 1.54) is 13.0 Å². The van der Waals surface area contributed by atoms with E-state index < -0.39 is 18.0 Å². The quantitative estimate of drug-likeness (QED) is 0.445. The first kappa shape index (κ1) is 21.0. The van der Waals surface area contributed by atoms with E-state index in [1.54, 1.807) is 13.0 Å². The molecule has 2 rings (SSSR count). The molecule has 2 aromatic heterocycles. The molecule has 0 aliphatic rings. The summed E-state index contributed by atoms with van der Waals surface area (Å²) in [6, 6.07) is 5.31. The molecule has 148 valence electrons. The molecular formula is C20H24N4O4. The average Bonchev–Trinajstić information content (AvgIpc) is 3.17. The number of aryl methyl sites for hydroxylation is 2. The smallest absolute Gasteiger partial charge is 0.349 e. The number of nitrogens with one attached hydrogen (secondary N) is 1. The van der Waals surface area contributed by atoms with Gasteiger partial charge in [-0.2, -0.15) is 5.26 Å². The van der Waals surface area contributed by atoms with Crippen molar-refractivity contribution in [3.8, 4) is 6.07 Å². The lowest BCUT2D eigenvalue weighted by molar-refractivity contribution is -0.148. The molecule has 0 aliphatic carbocycles. The van der Waals surface area contributed by atoms with Crippen molar-refractivity contribution in [3.63, 3.8) is 0 Å². The van der Waals surface area contributed by atoms with Crippen LogP contribution in [-0.4, -0.2) is 27.7 Å². The third-order valence-corrected chi connectivity index (χ3v) is 4.23. The van der Waals surface area contributed by atoms with Crippen molar-refractivity contribution in [1.82, 2.24) is 9.72 Å². The fourth-order valence-corrected chi connectivity index (χ4v) is 2.76. The molecule has 8 heteroatoms. The van der Waals surface area contributed by atoms with Gasteiger partial charge in [0.15, 0.2) is 6.10 Å². The first-order valence-corrected chi connectivity index (χ1v) is 9.00. The second-order valence-electron chi connectivity index (χ2n) is 6.52. The molecule has 0 aromatic carbocycles.